The van der Waals surface area contributed by atoms with Crippen LogP contribution in [0.2, 0.25) is 0 Å². The molecule has 0 radical (unpaired) electrons. The Morgan fingerprint density at radius 2 is 1.43 bits per heavy atom. The zero-order valence-electron chi connectivity index (χ0n) is 15.4. The van der Waals surface area contributed by atoms with Crippen molar-refractivity contribution in [2.75, 3.05) is 0 Å². The molecule has 0 amide bonds. The highest BCUT2D eigenvalue weighted by Crippen LogP contribution is 2.38. The van der Waals surface area contributed by atoms with Crippen molar-refractivity contribution in [3.8, 4) is 28.2 Å². The number of nitro groups is 1. The Bertz CT molecular complexity index is 1200. The van der Waals surface area contributed by atoms with Crippen molar-refractivity contribution in [3.05, 3.63) is 101 Å². The van der Waals surface area contributed by atoms with Crippen molar-refractivity contribution in [1.29, 1.82) is 0 Å². The van der Waals surface area contributed by atoms with E-state index in [0.29, 0.717) is 23.0 Å². The number of halogens is 3. The normalized spacial score (nSPS) is 11.4. The minimum absolute atomic E-state index is 0.283. The molecule has 1 aromatic heterocycles. The van der Waals surface area contributed by atoms with Gasteiger partial charge in [0.1, 0.15) is 0 Å². The number of benzene rings is 3. The molecule has 1 heterocycles. The van der Waals surface area contributed by atoms with Crippen LogP contribution in [0.1, 0.15) is 5.56 Å². The second-order valence-corrected chi connectivity index (χ2v) is 6.51. The van der Waals surface area contributed by atoms with Gasteiger partial charge < -0.3 is 0 Å². The summed E-state index contributed by atoms with van der Waals surface area (Å²) < 4.78 is 42.5. The first-order chi connectivity index (χ1) is 14.3. The van der Waals surface area contributed by atoms with Gasteiger partial charge in [-0.3, -0.25) is 10.1 Å². The van der Waals surface area contributed by atoms with Gasteiger partial charge in [0.2, 0.25) is 0 Å². The molecule has 0 fully saturated rings. The molecule has 0 atom stereocenters. The van der Waals surface area contributed by atoms with E-state index in [4.69, 9.17) is 0 Å². The van der Waals surface area contributed by atoms with Crippen LogP contribution in [0.5, 0.6) is 0 Å². The van der Waals surface area contributed by atoms with Crippen LogP contribution in [-0.4, -0.2) is 14.7 Å². The fourth-order valence-corrected chi connectivity index (χ4v) is 3.18. The quantitative estimate of drug-likeness (QED) is 0.301. The Balaban J connectivity index is 1.99. The lowest BCUT2D eigenvalue weighted by molar-refractivity contribution is -0.385. The van der Waals surface area contributed by atoms with Gasteiger partial charge in [0.15, 0.2) is 0 Å². The van der Waals surface area contributed by atoms with Gasteiger partial charge in [-0.2, -0.15) is 18.3 Å². The maximum Gasteiger partial charge on any atom is 0.418 e. The van der Waals surface area contributed by atoms with Crippen molar-refractivity contribution >= 4 is 5.69 Å². The predicted molar refractivity (Wildman–Crippen MR) is 106 cm³/mol. The summed E-state index contributed by atoms with van der Waals surface area (Å²) in [7, 11) is 0. The largest absolute Gasteiger partial charge is 0.418 e. The summed E-state index contributed by atoms with van der Waals surface area (Å²) in [4.78, 5) is 10.2. The summed E-state index contributed by atoms with van der Waals surface area (Å²) >= 11 is 0. The van der Waals surface area contributed by atoms with E-state index >= 15 is 0 Å². The molecule has 5 nitrogen and oxygen atoms in total. The number of nitro benzene ring substituents is 1. The lowest BCUT2D eigenvalue weighted by Crippen LogP contribution is -2.13. The molecular weight excluding hydrogens is 395 g/mol. The molecule has 30 heavy (non-hydrogen) atoms. The maximum atomic E-state index is 13.8. The summed E-state index contributed by atoms with van der Waals surface area (Å²) in [5.74, 6) is 0. The van der Waals surface area contributed by atoms with Crippen molar-refractivity contribution < 1.29 is 18.1 Å². The number of alkyl halides is 3. The van der Waals surface area contributed by atoms with Gasteiger partial charge in [0.25, 0.3) is 5.69 Å². The van der Waals surface area contributed by atoms with Crippen LogP contribution in [0, 0.1) is 10.1 Å². The highest BCUT2D eigenvalue weighted by atomic mass is 19.4. The summed E-state index contributed by atoms with van der Waals surface area (Å²) in [5, 5.41) is 15.4. The molecule has 0 saturated carbocycles. The molecule has 3 aromatic carbocycles. The van der Waals surface area contributed by atoms with Gasteiger partial charge in [0, 0.05) is 23.3 Å². The minimum atomic E-state index is -4.80. The molecule has 0 spiro atoms. The van der Waals surface area contributed by atoms with Crippen molar-refractivity contribution in [2.24, 2.45) is 0 Å². The van der Waals surface area contributed by atoms with Crippen molar-refractivity contribution in [1.82, 2.24) is 9.78 Å². The zero-order valence-corrected chi connectivity index (χ0v) is 15.4. The van der Waals surface area contributed by atoms with E-state index in [1.165, 1.54) is 4.68 Å². The molecule has 0 aliphatic heterocycles. The zero-order chi connectivity index (χ0) is 21.3. The summed E-state index contributed by atoms with van der Waals surface area (Å²) in [5.41, 5.74) is 0.283. The third-order valence-corrected chi connectivity index (χ3v) is 4.57. The lowest BCUT2D eigenvalue weighted by Gasteiger charge is -2.15. The molecular formula is C22H14F3N3O2. The molecule has 0 aliphatic rings. The lowest BCUT2D eigenvalue weighted by atomic mass is 10.1. The van der Waals surface area contributed by atoms with Gasteiger partial charge >= 0.3 is 6.18 Å². The first-order valence-electron chi connectivity index (χ1n) is 8.91. The Kier molecular flexibility index (Phi) is 4.83. The molecule has 4 aromatic rings. The highest BCUT2D eigenvalue weighted by molar-refractivity contribution is 5.71. The molecule has 8 heteroatoms. The first kappa shape index (κ1) is 19.4. The average molecular weight is 409 g/mol. The van der Waals surface area contributed by atoms with Crippen LogP contribution in [0.15, 0.2) is 84.9 Å². The van der Waals surface area contributed by atoms with E-state index in [-0.39, 0.29) is 5.69 Å². The second-order valence-electron chi connectivity index (χ2n) is 6.51. The Morgan fingerprint density at radius 3 is 2.00 bits per heavy atom. The van der Waals surface area contributed by atoms with Crippen LogP contribution in [-0.2, 0) is 6.18 Å². The summed E-state index contributed by atoms with van der Waals surface area (Å²) in [6, 6.07) is 22.3. The summed E-state index contributed by atoms with van der Waals surface area (Å²) in [6.07, 6.45) is -4.80. The monoisotopic (exact) mass is 409 g/mol. The molecule has 0 saturated heterocycles. The number of rotatable bonds is 4. The Hall–Kier alpha value is -3.94. The number of nitrogens with zero attached hydrogens (tertiary/aromatic N) is 3. The Labute approximate surface area is 169 Å². The molecule has 0 bridgehead atoms. The van der Waals surface area contributed by atoms with E-state index in [1.807, 2.05) is 30.3 Å². The van der Waals surface area contributed by atoms with Crippen molar-refractivity contribution in [2.45, 2.75) is 6.18 Å². The third-order valence-electron chi connectivity index (χ3n) is 4.57. The van der Waals surface area contributed by atoms with Gasteiger partial charge in [-0.15, -0.1) is 0 Å². The van der Waals surface area contributed by atoms with E-state index in [1.54, 1.807) is 36.4 Å². The van der Waals surface area contributed by atoms with E-state index in [2.05, 4.69) is 5.10 Å². The fraction of sp³-hybridized carbons (Fsp3) is 0.0455. The average Bonchev–Trinajstić information content (AvgIpc) is 3.19. The van der Waals surface area contributed by atoms with Crippen LogP contribution < -0.4 is 0 Å². The molecule has 150 valence electrons. The predicted octanol–water partition coefficient (Wildman–Crippen LogP) is 6.13. The van der Waals surface area contributed by atoms with Crippen LogP contribution in [0.4, 0.5) is 18.9 Å². The number of non-ortho nitro benzene ring substituents is 1. The molecule has 4 rings (SSSR count). The standard InChI is InChI=1S/C22H14F3N3O2/c23-22(24,25)18-13-17(28(29)30)11-12-20(18)27-21(16-9-5-2-6-10-16)14-19(26-27)15-7-3-1-4-8-15/h1-14H. The van der Waals surface area contributed by atoms with Crippen LogP contribution in [0.25, 0.3) is 28.2 Å². The van der Waals surface area contributed by atoms with Crippen LogP contribution in [0.3, 0.4) is 0 Å². The van der Waals surface area contributed by atoms with Gasteiger partial charge in [-0.25, -0.2) is 4.68 Å². The number of hydrogen-bond donors (Lipinski definition) is 0. The molecule has 0 N–H and O–H groups in total. The van der Waals surface area contributed by atoms with E-state index in [0.717, 1.165) is 17.7 Å². The van der Waals surface area contributed by atoms with Gasteiger partial charge in [0.05, 0.1) is 27.6 Å². The van der Waals surface area contributed by atoms with Gasteiger partial charge in [-0.05, 0) is 12.1 Å². The highest BCUT2D eigenvalue weighted by Gasteiger charge is 2.36. The Morgan fingerprint density at radius 1 is 0.833 bits per heavy atom. The minimum Gasteiger partial charge on any atom is -0.258 e. The van der Waals surface area contributed by atoms with Crippen molar-refractivity contribution in [3.63, 3.8) is 0 Å². The van der Waals surface area contributed by atoms with Crippen LogP contribution >= 0.6 is 0 Å². The summed E-state index contributed by atoms with van der Waals surface area (Å²) in [6.45, 7) is 0. The fourth-order valence-electron chi connectivity index (χ4n) is 3.18. The topological polar surface area (TPSA) is 61.0 Å². The molecule has 0 unspecified atom stereocenters. The second kappa shape index (κ2) is 7.47. The molecule has 0 aliphatic carbocycles. The smallest absolute Gasteiger partial charge is 0.258 e. The van der Waals surface area contributed by atoms with Gasteiger partial charge in [-0.1, -0.05) is 60.7 Å². The maximum absolute atomic E-state index is 13.8. The third kappa shape index (κ3) is 3.67. The van der Waals surface area contributed by atoms with E-state index < -0.39 is 22.4 Å². The van der Waals surface area contributed by atoms with E-state index in [9.17, 15) is 23.3 Å². The number of hydrogen-bond acceptors (Lipinski definition) is 3. The number of aromatic nitrogens is 2. The first-order valence-corrected chi connectivity index (χ1v) is 8.91. The SMILES string of the molecule is O=[N+]([O-])c1ccc(-n2nc(-c3ccccc3)cc2-c2ccccc2)c(C(F)(F)F)c1.